The number of oxazole rings is 1. The Balaban J connectivity index is 1.51. The lowest BCUT2D eigenvalue weighted by molar-refractivity contribution is 0.343. The van der Waals surface area contributed by atoms with Gasteiger partial charge in [-0.3, -0.25) is 9.67 Å². The van der Waals surface area contributed by atoms with Crippen molar-refractivity contribution < 1.29 is 4.42 Å². The number of piperidine rings is 1. The Morgan fingerprint density at radius 3 is 2.89 bits per heavy atom. The van der Waals surface area contributed by atoms with Crippen molar-refractivity contribution in [2.75, 3.05) is 18.8 Å². The molecule has 5 rings (SSSR count). The van der Waals surface area contributed by atoms with E-state index in [0.29, 0.717) is 28.9 Å². The van der Waals surface area contributed by atoms with Crippen LogP contribution in [0.5, 0.6) is 0 Å². The molecule has 0 spiro atoms. The van der Waals surface area contributed by atoms with Crippen molar-refractivity contribution in [1.29, 1.82) is 0 Å². The predicted molar refractivity (Wildman–Crippen MR) is 102 cm³/mol. The van der Waals surface area contributed by atoms with Gasteiger partial charge in [0.25, 0.3) is 0 Å². The van der Waals surface area contributed by atoms with E-state index in [4.69, 9.17) is 10.2 Å². The van der Waals surface area contributed by atoms with Gasteiger partial charge in [0, 0.05) is 29.7 Å². The van der Waals surface area contributed by atoms with Gasteiger partial charge in [0.2, 0.25) is 5.89 Å². The maximum atomic E-state index is 6.09. The van der Waals surface area contributed by atoms with Gasteiger partial charge in [-0.25, -0.2) is 9.97 Å². The number of nitrogens with one attached hydrogen (secondary N) is 1. The molecule has 0 atom stereocenters. The summed E-state index contributed by atoms with van der Waals surface area (Å²) < 4.78 is 7.86. The number of fused-ring (bicyclic) bond motifs is 1. The van der Waals surface area contributed by atoms with Crippen LogP contribution < -0.4 is 11.1 Å². The molecule has 0 radical (unpaired) electrons. The van der Waals surface area contributed by atoms with Gasteiger partial charge in [-0.05, 0) is 38.1 Å². The van der Waals surface area contributed by atoms with Gasteiger partial charge in [-0.1, -0.05) is 0 Å². The highest BCUT2D eigenvalue weighted by molar-refractivity contribution is 5.80. The second kappa shape index (κ2) is 6.48. The van der Waals surface area contributed by atoms with Crippen LogP contribution in [0.1, 0.15) is 18.9 Å². The zero-order valence-electron chi connectivity index (χ0n) is 14.7. The number of hydrogen-bond donors (Lipinski definition) is 2. The molecule has 0 bridgehead atoms. The molecule has 0 amide bonds. The van der Waals surface area contributed by atoms with E-state index < -0.39 is 0 Å². The van der Waals surface area contributed by atoms with Crippen molar-refractivity contribution in [3.8, 4) is 22.6 Å². The summed E-state index contributed by atoms with van der Waals surface area (Å²) in [5.41, 5.74) is 10.0. The standard InChI is InChI=1S/C19H19N7O/c20-18-15(19-25-16-3-6-22-10-17(16)27-19)7-12(8-23-18)13-9-24-26(11-13)14-1-4-21-5-2-14/h3,6-11,14,21H,1-2,4-5H2,(H2,20,23). The molecule has 1 fully saturated rings. The fourth-order valence-electron chi connectivity index (χ4n) is 3.46. The van der Waals surface area contributed by atoms with E-state index in [9.17, 15) is 0 Å². The molecule has 1 aliphatic rings. The molecule has 3 N–H and O–H groups in total. The van der Waals surface area contributed by atoms with E-state index in [-0.39, 0.29) is 0 Å². The van der Waals surface area contributed by atoms with Crippen molar-refractivity contribution in [3.05, 3.63) is 43.1 Å². The second-order valence-electron chi connectivity index (χ2n) is 6.71. The van der Waals surface area contributed by atoms with Gasteiger partial charge >= 0.3 is 0 Å². The highest BCUT2D eigenvalue weighted by atomic mass is 16.3. The summed E-state index contributed by atoms with van der Waals surface area (Å²) in [6.45, 7) is 2.06. The average molecular weight is 361 g/mol. The largest absolute Gasteiger partial charge is 0.434 e. The first-order valence-electron chi connectivity index (χ1n) is 8.99. The highest BCUT2D eigenvalue weighted by Gasteiger charge is 2.18. The van der Waals surface area contributed by atoms with Crippen molar-refractivity contribution in [2.24, 2.45) is 0 Å². The first-order chi connectivity index (χ1) is 13.3. The molecule has 4 aromatic rings. The van der Waals surface area contributed by atoms with Crippen molar-refractivity contribution in [3.63, 3.8) is 0 Å². The van der Waals surface area contributed by atoms with Gasteiger partial charge in [0.05, 0.1) is 24.0 Å². The first kappa shape index (κ1) is 16.0. The highest BCUT2D eigenvalue weighted by Crippen LogP contribution is 2.31. The van der Waals surface area contributed by atoms with Gasteiger partial charge in [-0.15, -0.1) is 0 Å². The third-order valence-corrected chi connectivity index (χ3v) is 4.96. The minimum absolute atomic E-state index is 0.379. The molecule has 4 aromatic heterocycles. The van der Waals surface area contributed by atoms with Crippen LogP contribution in [0.15, 0.2) is 47.5 Å². The first-order valence-corrected chi connectivity index (χ1v) is 8.99. The third kappa shape index (κ3) is 2.93. The zero-order valence-corrected chi connectivity index (χ0v) is 14.7. The summed E-state index contributed by atoms with van der Waals surface area (Å²) in [7, 11) is 0. The van der Waals surface area contributed by atoms with Crippen LogP contribution in [-0.4, -0.2) is 37.8 Å². The summed E-state index contributed by atoms with van der Waals surface area (Å²) in [6, 6.07) is 4.19. The lowest BCUT2D eigenvalue weighted by Crippen LogP contribution is -2.29. The monoisotopic (exact) mass is 361 g/mol. The van der Waals surface area contributed by atoms with E-state index in [1.807, 2.05) is 12.3 Å². The van der Waals surface area contributed by atoms with Crippen LogP contribution in [0.2, 0.25) is 0 Å². The van der Waals surface area contributed by atoms with Crippen LogP contribution in [-0.2, 0) is 0 Å². The lowest BCUT2D eigenvalue weighted by Gasteiger charge is -2.22. The van der Waals surface area contributed by atoms with Crippen LogP contribution >= 0.6 is 0 Å². The van der Waals surface area contributed by atoms with Crippen LogP contribution in [0.4, 0.5) is 5.82 Å². The zero-order chi connectivity index (χ0) is 18.2. The third-order valence-electron chi connectivity index (χ3n) is 4.96. The minimum Gasteiger partial charge on any atom is -0.434 e. The fraction of sp³-hybridized carbons (Fsp3) is 0.263. The molecule has 8 nitrogen and oxygen atoms in total. The Morgan fingerprint density at radius 1 is 1.15 bits per heavy atom. The Kier molecular flexibility index (Phi) is 3.83. The molecule has 136 valence electrons. The quantitative estimate of drug-likeness (QED) is 0.577. The maximum Gasteiger partial charge on any atom is 0.231 e. The molecular formula is C19H19N7O. The Bertz CT molecular complexity index is 1060. The van der Waals surface area contributed by atoms with Crippen molar-refractivity contribution >= 4 is 16.9 Å². The van der Waals surface area contributed by atoms with E-state index in [2.05, 4.69) is 36.2 Å². The normalized spacial score (nSPS) is 15.4. The Morgan fingerprint density at radius 2 is 2.04 bits per heavy atom. The van der Waals surface area contributed by atoms with Gasteiger partial charge in [0.15, 0.2) is 5.58 Å². The predicted octanol–water partition coefficient (Wildman–Crippen LogP) is 2.66. The molecule has 8 heteroatoms. The van der Waals surface area contributed by atoms with Crippen LogP contribution in [0.3, 0.4) is 0 Å². The van der Waals surface area contributed by atoms with E-state index in [1.165, 1.54) is 0 Å². The second-order valence-corrected chi connectivity index (χ2v) is 6.71. The Hall–Kier alpha value is -3.26. The van der Waals surface area contributed by atoms with E-state index >= 15 is 0 Å². The molecule has 0 aliphatic carbocycles. The van der Waals surface area contributed by atoms with Gasteiger partial charge in [0.1, 0.15) is 11.3 Å². The van der Waals surface area contributed by atoms with Crippen LogP contribution in [0.25, 0.3) is 33.7 Å². The molecule has 1 saturated heterocycles. The summed E-state index contributed by atoms with van der Waals surface area (Å²) in [5, 5.41) is 7.94. The lowest BCUT2D eigenvalue weighted by atomic mass is 10.1. The fourth-order valence-corrected chi connectivity index (χ4v) is 3.46. The number of nitrogens with zero attached hydrogens (tertiary/aromatic N) is 5. The molecule has 0 unspecified atom stereocenters. The molecule has 5 heterocycles. The minimum atomic E-state index is 0.379. The molecular weight excluding hydrogens is 342 g/mol. The number of nitrogen functional groups attached to an aromatic ring is 1. The van der Waals surface area contributed by atoms with Crippen molar-refractivity contribution in [1.82, 2.24) is 30.0 Å². The number of anilines is 1. The molecule has 0 aromatic carbocycles. The number of hydrogen-bond acceptors (Lipinski definition) is 7. The topological polar surface area (TPSA) is 108 Å². The van der Waals surface area contributed by atoms with Gasteiger partial charge < -0.3 is 15.5 Å². The average Bonchev–Trinajstić information content (AvgIpc) is 3.36. The molecule has 0 saturated carbocycles. The number of nitrogens with two attached hydrogens (primary N) is 1. The van der Waals surface area contributed by atoms with Gasteiger partial charge in [-0.2, -0.15) is 5.10 Å². The summed E-state index contributed by atoms with van der Waals surface area (Å²) in [6.07, 6.45) is 11.2. The summed E-state index contributed by atoms with van der Waals surface area (Å²) in [5.74, 6) is 0.819. The maximum absolute atomic E-state index is 6.09. The molecule has 27 heavy (non-hydrogen) atoms. The molecule has 1 aliphatic heterocycles. The number of rotatable bonds is 3. The Labute approximate surface area is 155 Å². The van der Waals surface area contributed by atoms with E-state index in [1.54, 1.807) is 24.7 Å². The SMILES string of the molecule is Nc1ncc(-c2cnn(C3CCNCC3)c2)cc1-c1nc2ccncc2o1. The van der Waals surface area contributed by atoms with E-state index in [0.717, 1.165) is 42.6 Å². The summed E-state index contributed by atoms with van der Waals surface area (Å²) >= 11 is 0. The number of pyridine rings is 2. The van der Waals surface area contributed by atoms with Crippen LogP contribution in [0, 0.1) is 0 Å². The number of aromatic nitrogens is 5. The summed E-state index contributed by atoms with van der Waals surface area (Å²) in [4.78, 5) is 12.9. The van der Waals surface area contributed by atoms with Crippen molar-refractivity contribution in [2.45, 2.75) is 18.9 Å². The smallest absolute Gasteiger partial charge is 0.231 e.